The fourth-order valence-corrected chi connectivity index (χ4v) is 2.41. The van der Waals surface area contributed by atoms with E-state index in [9.17, 15) is 9.59 Å². The molecule has 0 heterocycles. The number of benzene rings is 1. The summed E-state index contributed by atoms with van der Waals surface area (Å²) in [4.78, 5) is 22.9. The van der Waals surface area contributed by atoms with E-state index in [1.54, 1.807) is 0 Å². The van der Waals surface area contributed by atoms with E-state index < -0.39 is 5.97 Å². The van der Waals surface area contributed by atoms with Crippen molar-refractivity contribution in [2.75, 3.05) is 5.73 Å². The number of aromatic carboxylic acids is 1. The number of nitrogens with one attached hydrogen (secondary N) is 1. The zero-order valence-electron chi connectivity index (χ0n) is 10.7. The highest BCUT2D eigenvalue weighted by atomic mass is 16.4. The first-order valence-corrected chi connectivity index (χ1v) is 6.51. The molecule has 1 amide bonds. The Morgan fingerprint density at radius 3 is 2.47 bits per heavy atom. The molecule has 4 N–H and O–H groups in total. The molecule has 19 heavy (non-hydrogen) atoms. The minimum absolute atomic E-state index is 0.0896. The van der Waals surface area contributed by atoms with Crippen molar-refractivity contribution in [2.24, 2.45) is 0 Å². The zero-order chi connectivity index (χ0) is 13.8. The number of nitrogen functional groups attached to an aromatic ring is 1. The first-order chi connectivity index (χ1) is 9.08. The number of rotatable bonds is 3. The molecule has 1 aromatic rings. The van der Waals surface area contributed by atoms with Gasteiger partial charge in [-0.1, -0.05) is 19.3 Å². The summed E-state index contributed by atoms with van der Waals surface area (Å²) < 4.78 is 0. The SMILES string of the molecule is Nc1cc(C(=O)O)ccc1C(=O)NC1CCCCC1. The lowest BCUT2D eigenvalue weighted by Crippen LogP contribution is -2.36. The standard InChI is InChI=1S/C14H18N2O3/c15-12-8-9(14(18)19)6-7-11(12)13(17)16-10-4-2-1-3-5-10/h6-8,10H,1-5,15H2,(H,16,17)(H,18,19). The molecular formula is C14H18N2O3. The predicted molar refractivity (Wildman–Crippen MR) is 72.2 cm³/mol. The molecule has 0 saturated heterocycles. The summed E-state index contributed by atoms with van der Waals surface area (Å²) in [6.45, 7) is 0. The van der Waals surface area contributed by atoms with Crippen molar-refractivity contribution in [3.05, 3.63) is 29.3 Å². The van der Waals surface area contributed by atoms with Gasteiger partial charge in [-0.15, -0.1) is 0 Å². The quantitative estimate of drug-likeness (QED) is 0.727. The largest absolute Gasteiger partial charge is 0.478 e. The molecule has 0 radical (unpaired) electrons. The maximum atomic E-state index is 12.1. The van der Waals surface area contributed by atoms with Crippen LogP contribution in [0.3, 0.4) is 0 Å². The number of hydrogen-bond donors (Lipinski definition) is 3. The van der Waals surface area contributed by atoms with Crippen LogP contribution in [0.25, 0.3) is 0 Å². The van der Waals surface area contributed by atoms with Crippen LogP contribution in [-0.2, 0) is 0 Å². The Hall–Kier alpha value is -2.04. The van der Waals surface area contributed by atoms with Gasteiger partial charge < -0.3 is 16.2 Å². The van der Waals surface area contributed by atoms with Gasteiger partial charge in [0.05, 0.1) is 11.1 Å². The number of carbonyl (C=O) groups excluding carboxylic acids is 1. The lowest BCUT2D eigenvalue weighted by atomic mass is 9.95. The Morgan fingerprint density at radius 1 is 1.21 bits per heavy atom. The van der Waals surface area contributed by atoms with Crippen molar-refractivity contribution in [1.29, 1.82) is 0 Å². The first kappa shape index (κ1) is 13.4. The van der Waals surface area contributed by atoms with E-state index in [1.807, 2.05) is 0 Å². The van der Waals surface area contributed by atoms with Crippen LogP contribution in [-0.4, -0.2) is 23.0 Å². The fourth-order valence-electron chi connectivity index (χ4n) is 2.41. The van der Waals surface area contributed by atoms with Crippen LogP contribution >= 0.6 is 0 Å². The highest BCUT2D eigenvalue weighted by Gasteiger charge is 2.18. The van der Waals surface area contributed by atoms with Crippen LogP contribution in [0.5, 0.6) is 0 Å². The van der Waals surface area contributed by atoms with Crippen LogP contribution in [0.4, 0.5) is 5.69 Å². The van der Waals surface area contributed by atoms with Gasteiger partial charge in [0.1, 0.15) is 0 Å². The van der Waals surface area contributed by atoms with E-state index in [2.05, 4.69) is 5.32 Å². The highest BCUT2D eigenvalue weighted by Crippen LogP contribution is 2.19. The Labute approximate surface area is 111 Å². The smallest absolute Gasteiger partial charge is 0.335 e. The Kier molecular flexibility index (Phi) is 4.04. The van der Waals surface area contributed by atoms with Gasteiger partial charge in [-0.05, 0) is 31.0 Å². The summed E-state index contributed by atoms with van der Waals surface area (Å²) >= 11 is 0. The molecule has 0 aromatic heterocycles. The molecule has 0 atom stereocenters. The number of amides is 1. The average Bonchev–Trinajstić information content (AvgIpc) is 2.39. The molecular weight excluding hydrogens is 244 g/mol. The third-order valence-electron chi connectivity index (χ3n) is 3.48. The van der Waals surface area contributed by atoms with Crippen LogP contribution in [0.1, 0.15) is 52.8 Å². The summed E-state index contributed by atoms with van der Waals surface area (Å²) in [5, 5.41) is 11.8. The topological polar surface area (TPSA) is 92.4 Å². The van der Waals surface area contributed by atoms with E-state index in [4.69, 9.17) is 10.8 Å². The predicted octanol–water partition coefficient (Wildman–Crippen LogP) is 2.03. The first-order valence-electron chi connectivity index (χ1n) is 6.51. The van der Waals surface area contributed by atoms with Gasteiger partial charge >= 0.3 is 5.97 Å². The van der Waals surface area contributed by atoms with E-state index >= 15 is 0 Å². The van der Waals surface area contributed by atoms with Crippen molar-refractivity contribution < 1.29 is 14.7 Å². The van der Waals surface area contributed by atoms with Gasteiger partial charge in [0.15, 0.2) is 0 Å². The molecule has 0 spiro atoms. The van der Waals surface area contributed by atoms with Crippen LogP contribution < -0.4 is 11.1 Å². The summed E-state index contributed by atoms with van der Waals surface area (Å²) in [7, 11) is 0. The maximum absolute atomic E-state index is 12.1. The van der Waals surface area contributed by atoms with E-state index in [1.165, 1.54) is 24.6 Å². The molecule has 0 bridgehead atoms. The highest BCUT2D eigenvalue weighted by molar-refractivity contribution is 6.01. The Morgan fingerprint density at radius 2 is 1.89 bits per heavy atom. The van der Waals surface area contributed by atoms with Crippen molar-refractivity contribution in [3.63, 3.8) is 0 Å². The Bertz CT molecular complexity index is 493. The molecule has 2 rings (SSSR count). The van der Waals surface area contributed by atoms with Gasteiger partial charge in [-0.3, -0.25) is 4.79 Å². The van der Waals surface area contributed by atoms with Crippen molar-refractivity contribution in [2.45, 2.75) is 38.1 Å². The zero-order valence-corrected chi connectivity index (χ0v) is 10.7. The lowest BCUT2D eigenvalue weighted by molar-refractivity contribution is 0.0696. The molecule has 0 aliphatic heterocycles. The maximum Gasteiger partial charge on any atom is 0.335 e. The van der Waals surface area contributed by atoms with Gasteiger partial charge in [0.25, 0.3) is 5.91 Å². The monoisotopic (exact) mass is 262 g/mol. The average molecular weight is 262 g/mol. The van der Waals surface area contributed by atoms with E-state index in [0.29, 0.717) is 5.56 Å². The van der Waals surface area contributed by atoms with Crippen molar-refractivity contribution >= 4 is 17.6 Å². The summed E-state index contributed by atoms with van der Waals surface area (Å²) in [5.41, 5.74) is 6.38. The van der Waals surface area contributed by atoms with Crippen molar-refractivity contribution in [3.8, 4) is 0 Å². The van der Waals surface area contributed by atoms with Crippen molar-refractivity contribution in [1.82, 2.24) is 5.32 Å². The van der Waals surface area contributed by atoms with Crippen LogP contribution in [0, 0.1) is 0 Å². The van der Waals surface area contributed by atoms with E-state index in [-0.39, 0.29) is 23.2 Å². The third kappa shape index (κ3) is 3.24. The summed E-state index contributed by atoms with van der Waals surface area (Å²) in [5.74, 6) is -1.27. The second-order valence-electron chi connectivity index (χ2n) is 4.92. The molecule has 1 fully saturated rings. The molecule has 1 aliphatic carbocycles. The number of carboxylic acid groups (broad SMARTS) is 1. The Balaban J connectivity index is 2.08. The minimum Gasteiger partial charge on any atom is -0.478 e. The molecule has 5 heteroatoms. The number of carboxylic acids is 1. The molecule has 102 valence electrons. The number of anilines is 1. The fraction of sp³-hybridized carbons (Fsp3) is 0.429. The molecule has 1 aliphatic rings. The number of nitrogens with two attached hydrogens (primary N) is 1. The molecule has 5 nitrogen and oxygen atoms in total. The van der Waals surface area contributed by atoms with E-state index in [0.717, 1.165) is 25.7 Å². The second-order valence-corrected chi connectivity index (χ2v) is 4.92. The number of carbonyl (C=O) groups is 2. The molecule has 1 aromatic carbocycles. The number of hydrogen-bond acceptors (Lipinski definition) is 3. The third-order valence-corrected chi connectivity index (χ3v) is 3.48. The molecule has 1 saturated carbocycles. The molecule has 0 unspecified atom stereocenters. The van der Waals surface area contributed by atoms with Gasteiger partial charge in [0, 0.05) is 11.7 Å². The lowest BCUT2D eigenvalue weighted by Gasteiger charge is -2.23. The van der Waals surface area contributed by atoms with Gasteiger partial charge in [-0.2, -0.15) is 0 Å². The van der Waals surface area contributed by atoms with Crippen LogP contribution in [0.15, 0.2) is 18.2 Å². The minimum atomic E-state index is -1.05. The van der Waals surface area contributed by atoms with Gasteiger partial charge in [0.2, 0.25) is 0 Å². The summed E-state index contributed by atoms with van der Waals surface area (Å²) in [6, 6.07) is 4.39. The second kappa shape index (κ2) is 5.73. The van der Waals surface area contributed by atoms with Crippen LogP contribution in [0.2, 0.25) is 0 Å². The normalized spacial score (nSPS) is 16.0. The summed E-state index contributed by atoms with van der Waals surface area (Å²) in [6.07, 6.45) is 5.50. The van der Waals surface area contributed by atoms with Gasteiger partial charge in [-0.25, -0.2) is 4.79 Å².